The topological polar surface area (TPSA) is 157 Å². The highest BCUT2D eigenvalue weighted by molar-refractivity contribution is 7.47. The van der Waals surface area contributed by atoms with Crippen molar-refractivity contribution in [2.75, 3.05) is 6.61 Å². The number of phosphoric ester groups is 1. The first kappa shape index (κ1) is 21.4. The molecule has 1 fully saturated rings. The van der Waals surface area contributed by atoms with Crippen LogP contribution in [-0.4, -0.2) is 71.0 Å². The first-order valence-electron chi connectivity index (χ1n) is 9.39. The molecule has 7 unspecified atom stereocenters. The van der Waals surface area contributed by atoms with E-state index in [0.717, 1.165) is 0 Å². The largest absolute Gasteiger partial charge is 0.472 e. The van der Waals surface area contributed by atoms with Gasteiger partial charge in [0, 0.05) is 6.04 Å². The molecule has 0 aliphatic carbocycles. The average Bonchev–Trinajstić information content (AvgIpc) is 2.92. The molecule has 28 heavy (non-hydrogen) atoms. The highest BCUT2D eigenvalue weighted by Gasteiger charge is 2.48. The van der Waals surface area contributed by atoms with Crippen molar-refractivity contribution in [3.8, 4) is 0 Å². The molecule has 158 valence electrons. The lowest BCUT2D eigenvalue weighted by Crippen LogP contribution is -2.58. The summed E-state index contributed by atoms with van der Waals surface area (Å²) >= 11 is 0. The Labute approximate surface area is 164 Å². The number of phosphoric acid groups is 1. The van der Waals surface area contributed by atoms with Crippen LogP contribution in [0.15, 0.2) is 15.1 Å². The Morgan fingerprint density at radius 1 is 1.46 bits per heavy atom. The van der Waals surface area contributed by atoms with Gasteiger partial charge in [-0.15, -0.1) is 0 Å². The molecule has 1 saturated heterocycles. The number of hydrazone groups is 1. The van der Waals surface area contributed by atoms with Crippen molar-refractivity contribution >= 4 is 25.8 Å². The summed E-state index contributed by atoms with van der Waals surface area (Å²) in [5.74, 6) is 0.846. The highest BCUT2D eigenvalue weighted by Crippen LogP contribution is 2.45. The molecular formula is C16H29N6O5P. The Hall–Kier alpha value is -1.36. The molecule has 0 amide bonds. The van der Waals surface area contributed by atoms with E-state index < -0.39 is 20.0 Å². The minimum Gasteiger partial charge on any atom is -0.381 e. The van der Waals surface area contributed by atoms with Gasteiger partial charge in [0.15, 0.2) is 11.7 Å². The summed E-state index contributed by atoms with van der Waals surface area (Å²) in [5.41, 5.74) is 12.3. The predicted molar refractivity (Wildman–Crippen MR) is 105 cm³/mol. The zero-order valence-corrected chi connectivity index (χ0v) is 17.4. The van der Waals surface area contributed by atoms with Crippen LogP contribution >= 0.6 is 7.82 Å². The van der Waals surface area contributed by atoms with E-state index in [1.54, 1.807) is 18.9 Å². The number of aliphatic imine (C=N–C) groups is 2. The molecule has 11 nitrogen and oxygen atoms in total. The summed E-state index contributed by atoms with van der Waals surface area (Å²) in [6.45, 7) is 7.19. The zero-order valence-electron chi connectivity index (χ0n) is 16.5. The van der Waals surface area contributed by atoms with Crippen LogP contribution in [0.3, 0.4) is 0 Å². The van der Waals surface area contributed by atoms with Gasteiger partial charge >= 0.3 is 7.82 Å². The lowest BCUT2D eigenvalue weighted by molar-refractivity contribution is -0.128. The second-order valence-electron chi connectivity index (χ2n) is 7.67. The van der Waals surface area contributed by atoms with E-state index in [-0.39, 0.29) is 36.8 Å². The average molecular weight is 416 g/mol. The number of hydrogen-bond donors (Lipinski definition) is 3. The van der Waals surface area contributed by atoms with Crippen molar-refractivity contribution in [3.05, 3.63) is 0 Å². The summed E-state index contributed by atoms with van der Waals surface area (Å²) in [6.07, 6.45) is 0.682. The number of rotatable bonds is 6. The first-order chi connectivity index (χ1) is 13.1. The fourth-order valence-electron chi connectivity index (χ4n) is 3.74. The van der Waals surface area contributed by atoms with E-state index in [0.29, 0.717) is 18.1 Å². The van der Waals surface area contributed by atoms with E-state index in [2.05, 4.69) is 15.1 Å². The van der Waals surface area contributed by atoms with Crippen LogP contribution in [0, 0.1) is 5.92 Å². The Bertz CT molecular complexity index is 728. The van der Waals surface area contributed by atoms with Gasteiger partial charge in [0.25, 0.3) is 0 Å². The van der Waals surface area contributed by atoms with Crippen LogP contribution in [0.5, 0.6) is 0 Å². The second-order valence-corrected chi connectivity index (χ2v) is 9.08. The zero-order chi connectivity index (χ0) is 20.6. The monoisotopic (exact) mass is 416 g/mol. The summed E-state index contributed by atoms with van der Waals surface area (Å²) in [4.78, 5) is 18.3. The highest BCUT2D eigenvalue weighted by atomic mass is 31.2. The van der Waals surface area contributed by atoms with Gasteiger partial charge in [-0.05, 0) is 33.1 Å². The Morgan fingerprint density at radius 2 is 2.18 bits per heavy atom. The Kier molecular flexibility index (Phi) is 6.23. The predicted octanol–water partition coefficient (Wildman–Crippen LogP) is 0.435. The Balaban J connectivity index is 1.70. The maximum Gasteiger partial charge on any atom is 0.472 e. The molecule has 7 atom stereocenters. The standard InChI is InChI=1S/C16H29N6O5P/c1-8(2)27-28(23,24)25-6-11-5-12(17)9(3)14(26-11)13-10(4)21-16-15(18)19-7-20-22(13)16/h7-14H,5-6,17H2,1-4H3,(H,23,24)(H2,18,19,20). The Morgan fingerprint density at radius 3 is 2.86 bits per heavy atom. The van der Waals surface area contributed by atoms with Crippen LogP contribution in [0.4, 0.5) is 0 Å². The van der Waals surface area contributed by atoms with E-state index in [1.807, 2.05) is 13.8 Å². The number of nitrogens with two attached hydrogens (primary N) is 2. The molecule has 3 rings (SSSR count). The molecule has 5 N–H and O–H groups in total. The summed E-state index contributed by atoms with van der Waals surface area (Å²) in [7, 11) is -4.15. The summed E-state index contributed by atoms with van der Waals surface area (Å²) in [5, 5.41) is 6.03. The van der Waals surface area contributed by atoms with Gasteiger partial charge in [-0.1, -0.05) is 6.92 Å². The van der Waals surface area contributed by atoms with Crippen molar-refractivity contribution in [2.45, 2.75) is 70.6 Å². The molecule has 0 aromatic carbocycles. The molecule has 3 aliphatic heterocycles. The minimum absolute atomic E-state index is 0.0152. The van der Waals surface area contributed by atoms with Crippen molar-refractivity contribution in [1.29, 1.82) is 0 Å². The van der Waals surface area contributed by atoms with Crippen LogP contribution in [0.25, 0.3) is 0 Å². The van der Waals surface area contributed by atoms with Crippen LogP contribution in [0.2, 0.25) is 0 Å². The molecule has 0 spiro atoms. The fraction of sp³-hybridized carbons (Fsp3) is 0.812. The lowest BCUT2D eigenvalue weighted by atomic mass is 9.83. The first-order valence-corrected chi connectivity index (χ1v) is 10.9. The van der Waals surface area contributed by atoms with Gasteiger partial charge in [0.2, 0.25) is 0 Å². The van der Waals surface area contributed by atoms with E-state index in [4.69, 9.17) is 25.3 Å². The molecule has 3 heterocycles. The van der Waals surface area contributed by atoms with Gasteiger partial charge in [-0.25, -0.2) is 14.6 Å². The maximum absolute atomic E-state index is 12.0. The fourth-order valence-corrected chi connectivity index (χ4v) is 4.69. The second kappa shape index (κ2) is 8.17. The van der Waals surface area contributed by atoms with Gasteiger partial charge in [0.05, 0.1) is 31.0 Å². The van der Waals surface area contributed by atoms with Gasteiger partial charge in [0.1, 0.15) is 12.4 Å². The van der Waals surface area contributed by atoms with Crippen LogP contribution in [0.1, 0.15) is 34.1 Å². The van der Waals surface area contributed by atoms with Crippen molar-refractivity contribution in [2.24, 2.45) is 32.5 Å². The summed E-state index contributed by atoms with van der Waals surface area (Å²) in [6, 6.07) is -0.518. The van der Waals surface area contributed by atoms with E-state index >= 15 is 0 Å². The third-order valence-corrected chi connectivity index (χ3v) is 6.27. The number of hydrogen-bond acceptors (Lipinski definition) is 10. The molecular weight excluding hydrogens is 387 g/mol. The van der Waals surface area contributed by atoms with Gasteiger partial charge in [-0.2, -0.15) is 5.10 Å². The number of amidine groups is 2. The maximum atomic E-state index is 12.0. The minimum atomic E-state index is -4.15. The SMILES string of the molecule is CC(C)OP(=O)(O)OCC1CC(N)C(C)C(C2C(C)N=C3C(N)=NC=NN32)O1. The van der Waals surface area contributed by atoms with Crippen molar-refractivity contribution < 1.29 is 23.2 Å². The molecule has 0 aromatic rings. The quantitative estimate of drug-likeness (QED) is 0.526. The third kappa shape index (κ3) is 4.45. The molecule has 12 heteroatoms. The number of nitrogens with zero attached hydrogens (tertiary/aromatic N) is 4. The van der Waals surface area contributed by atoms with Crippen LogP contribution < -0.4 is 11.5 Å². The third-order valence-electron chi connectivity index (χ3n) is 5.10. The smallest absolute Gasteiger partial charge is 0.381 e. The number of fused-ring (bicyclic) bond motifs is 1. The molecule has 0 aromatic heterocycles. The normalized spacial score (nSPS) is 37.5. The van der Waals surface area contributed by atoms with Crippen molar-refractivity contribution in [1.82, 2.24) is 5.01 Å². The van der Waals surface area contributed by atoms with E-state index in [1.165, 1.54) is 6.34 Å². The van der Waals surface area contributed by atoms with E-state index in [9.17, 15) is 9.46 Å². The van der Waals surface area contributed by atoms with Gasteiger partial charge < -0.3 is 21.1 Å². The lowest BCUT2D eigenvalue weighted by Gasteiger charge is -2.44. The molecule has 0 bridgehead atoms. The molecule has 3 aliphatic rings. The van der Waals surface area contributed by atoms with Gasteiger partial charge in [-0.3, -0.25) is 14.0 Å². The van der Waals surface area contributed by atoms with Crippen molar-refractivity contribution in [3.63, 3.8) is 0 Å². The number of ether oxygens (including phenoxy) is 1. The summed E-state index contributed by atoms with van der Waals surface area (Å²) < 4.78 is 28.3. The van der Waals surface area contributed by atoms with Crippen LogP contribution in [-0.2, 0) is 18.3 Å². The molecule has 0 radical (unpaired) electrons. The molecule has 0 saturated carbocycles.